The molecule has 0 unspecified atom stereocenters. The van der Waals surface area contributed by atoms with Crippen LogP contribution >= 0.6 is 0 Å². The van der Waals surface area contributed by atoms with Gasteiger partial charge in [0.25, 0.3) is 5.91 Å². The highest BCUT2D eigenvalue weighted by Gasteiger charge is 2.19. The second-order valence-corrected chi connectivity index (χ2v) is 8.97. The van der Waals surface area contributed by atoms with E-state index in [0.717, 1.165) is 22.5 Å². The van der Waals surface area contributed by atoms with Gasteiger partial charge >= 0.3 is 0 Å². The third kappa shape index (κ3) is 3.96. The average molecular weight is 376 g/mol. The van der Waals surface area contributed by atoms with Crippen LogP contribution in [-0.4, -0.2) is 15.9 Å². The van der Waals surface area contributed by atoms with Crippen LogP contribution in [0.3, 0.4) is 0 Å². The summed E-state index contributed by atoms with van der Waals surface area (Å²) >= 11 is 0. The lowest BCUT2D eigenvalue weighted by atomic mass is 9.87. The van der Waals surface area contributed by atoms with Crippen molar-refractivity contribution in [2.24, 2.45) is 0 Å². The van der Waals surface area contributed by atoms with Crippen LogP contribution in [0.1, 0.15) is 80.5 Å². The van der Waals surface area contributed by atoms with Crippen LogP contribution in [0.2, 0.25) is 0 Å². The Hall–Kier alpha value is -2.62. The van der Waals surface area contributed by atoms with Gasteiger partial charge in [-0.1, -0.05) is 52.2 Å². The molecule has 1 aromatic heterocycles. The monoisotopic (exact) mass is 375 g/mol. The van der Waals surface area contributed by atoms with Crippen molar-refractivity contribution in [3.05, 3.63) is 59.4 Å². The summed E-state index contributed by atoms with van der Waals surface area (Å²) in [6.45, 7) is 6.51. The number of hydrogen-bond donors (Lipinski definition) is 2. The fourth-order valence-electron chi connectivity index (χ4n) is 4.00. The number of H-pyrrole nitrogens is 1. The molecule has 146 valence electrons. The van der Waals surface area contributed by atoms with Crippen molar-refractivity contribution >= 4 is 22.6 Å². The number of rotatable bonds is 3. The van der Waals surface area contributed by atoms with E-state index < -0.39 is 0 Å². The van der Waals surface area contributed by atoms with Gasteiger partial charge in [0.1, 0.15) is 5.82 Å². The lowest BCUT2D eigenvalue weighted by Crippen LogP contribution is -2.14. The first-order chi connectivity index (χ1) is 13.4. The Morgan fingerprint density at radius 2 is 1.75 bits per heavy atom. The Morgan fingerprint density at radius 1 is 1.04 bits per heavy atom. The molecule has 2 N–H and O–H groups in total. The Kier molecular flexibility index (Phi) is 4.96. The highest BCUT2D eigenvalue weighted by atomic mass is 16.1. The van der Waals surface area contributed by atoms with E-state index in [0.29, 0.717) is 11.5 Å². The summed E-state index contributed by atoms with van der Waals surface area (Å²) in [4.78, 5) is 20.9. The van der Waals surface area contributed by atoms with Gasteiger partial charge in [-0.25, -0.2) is 4.98 Å². The van der Waals surface area contributed by atoms with Gasteiger partial charge in [0, 0.05) is 17.2 Å². The van der Waals surface area contributed by atoms with E-state index in [9.17, 15) is 4.79 Å². The zero-order chi connectivity index (χ0) is 19.7. The molecule has 0 bridgehead atoms. The zero-order valence-corrected chi connectivity index (χ0v) is 17.0. The van der Waals surface area contributed by atoms with Gasteiger partial charge in [-0.2, -0.15) is 0 Å². The predicted octanol–water partition coefficient (Wildman–Crippen LogP) is 6.16. The van der Waals surface area contributed by atoms with E-state index >= 15 is 0 Å². The molecule has 0 atom stereocenters. The molecule has 4 nitrogen and oxygen atoms in total. The van der Waals surface area contributed by atoms with Crippen LogP contribution in [0.4, 0.5) is 5.69 Å². The fraction of sp³-hybridized carbons (Fsp3) is 0.417. The van der Waals surface area contributed by atoms with Gasteiger partial charge < -0.3 is 10.3 Å². The molecular weight excluding hydrogens is 346 g/mol. The van der Waals surface area contributed by atoms with E-state index in [-0.39, 0.29) is 11.3 Å². The van der Waals surface area contributed by atoms with Crippen molar-refractivity contribution in [2.45, 2.75) is 64.2 Å². The number of benzene rings is 2. The molecule has 0 aliphatic heterocycles. The number of aromatic amines is 1. The van der Waals surface area contributed by atoms with E-state index in [1.807, 2.05) is 42.5 Å². The van der Waals surface area contributed by atoms with Gasteiger partial charge in [0.05, 0.1) is 11.0 Å². The molecule has 1 heterocycles. The van der Waals surface area contributed by atoms with Crippen LogP contribution in [0.5, 0.6) is 0 Å². The summed E-state index contributed by atoms with van der Waals surface area (Å²) in [6.07, 6.45) is 6.35. The molecule has 2 aromatic carbocycles. The molecular formula is C24H29N3O. The molecule has 1 aliphatic rings. The van der Waals surface area contributed by atoms with E-state index in [4.69, 9.17) is 4.98 Å². The lowest BCUT2D eigenvalue weighted by Gasteiger charge is -2.19. The van der Waals surface area contributed by atoms with E-state index in [2.05, 4.69) is 31.1 Å². The van der Waals surface area contributed by atoms with Crippen molar-refractivity contribution in [2.75, 3.05) is 5.32 Å². The first kappa shape index (κ1) is 18.7. The summed E-state index contributed by atoms with van der Waals surface area (Å²) in [6, 6.07) is 13.7. The maximum absolute atomic E-state index is 12.6. The fourth-order valence-corrected chi connectivity index (χ4v) is 4.00. The molecule has 4 heteroatoms. The van der Waals surface area contributed by atoms with Crippen LogP contribution in [0.15, 0.2) is 42.5 Å². The molecule has 28 heavy (non-hydrogen) atoms. The maximum atomic E-state index is 12.6. The molecule has 0 spiro atoms. The van der Waals surface area contributed by atoms with Gasteiger partial charge in [0.2, 0.25) is 0 Å². The van der Waals surface area contributed by atoms with Crippen LogP contribution in [0, 0.1) is 0 Å². The summed E-state index contributed by atoms with van der Waals surface area (Å²) in [5.74, 6) is 1.54. The molecule has 4 rings (SSSR count). The Labute approximate surface area is 166 Å². The standard InChI is InChI=1S/C24H29N3O/c1-24(2,3)18-11-9-17(10-12-18)23(28)25-19-13-14-20-21(15-19)27-22(26-20)16-7-5-4-6-8-16/h9-16H,4-8H2,1-3H3,(H,25,28)(H,26,27). The average Bonchev–Trinajstić information content (AvgIpc) is 3.11. The maximum Gasteiger partial charge on any atom is 0.255 e. The van der Waals surface area contributed by atoms with Crippen molar-refractivity contribution in [1.82, 2.24) is 9.97 Å². The smallest absolute Gasteiger partial charge is 0.255 e. The quantitative estimate of drug-likeness (QED) is 0.576. The van der Waals surface area contributed by atoms with E-state index in [1.165, 1.54) is 37.7 Å². The van der Waals surface area contributed by atoms with Crippen molar-refractivity contribution in [3.63, 3.8) is 0 Å². The number of imidazole rings is 1. The normalized spacial score (nSPS) is 15.7. The second-order valence-electron chi connectivity index (χ2n) is 8.97. The molecule has 1 fully saturated rings. The first-order valence-electron chi connectivity index (χ1n) is 10.3. The Balaban J connectivity index is 1.50. The molecule has 0 saturated heterocycles. The summed E-state index contributed by atoms with van der Waals surface area (Å²) in [7, 11) is 0. The number of anilines is 1. The number of amides is 1. The summed E-state index contributed by atoms with van der Waals surface area (Å²) < 4.78 is 0. The largest absolute Gasteiger partial charge is 0.342 e. The van der Waals surface area contributed by atoms with E-state index in [1.54, 1.807) is 0 Å². The minimum Gasteiger partial charge on any atom is -0.342 e. The predicted molar refractivity (Wildman–Crippen MR) is 115 cm³/mol. The summed E-state index contributed by atoms with van der Waals surface area (Å²) in [5.41, 5.74) is 4.71. The first-order valence-corrected chi connectivity index (χ1v) is 10.3. The lowest BCUT2D eigenvalue weighted by molar-refractivity contribution is 0.102. The number of nitrogens with one attached hydrogen (secondary N) is 2. The third-order valence-electron chi connectivity index (χ3n) is 5.76. The molecule has 1 saturated carbocycles. The highest BCUT2D eigenvalue weighted by molar-refractivity contribution is 6.05. The molecule has 1 amide bonds. The molecule has 1 aliphatic carbocycles. The van der Waals surface area contributed by atoms with Crippen LogP contribution in [-0.2, 0) is 5.41 Å². The zero-order valence-electron chi connectivity index (χ0n) is 17.0. The highest BCUT2D eigenvalue weighted by Crippen LogP contribution is 2.32. The molecule has 0 radical (unpaired) electrons. The summed E-state index contributed by atoms with van der Waals surface area (Å²) in [5, 5.41) is 3.01. The van der Waals surface area contributed by atoms with Crippen LogP contribution < -0.4 is 5.32 Å². The topological polar surface area (TPSA) is 57.8 Å². The van der Waals surface area contributed by atoms with Crippen LogP contribution in [0.25, 0.3) is 11.0 Å². The van der Waals surface area contributed by atoms with Gasteiger partial charge in [-0.15, -0.1) is 0 Å². The number of carbonyl (C=O) groups is 1. The Morgan fingerprint density at radius 3 is 2.43 bits per heavy atom. The number of fused-ring (bicyclic) bond motifs is 1. The van der Waals surface area contributed by atoms with Crippen molar-refractivity contribution < 1.29 is 4.79 Å². The third-order valence-corrected chi connectivity index (χ3v) is 5.76. The van der Waals surface area contributed by atoms with Crippen molar-refractivity contribution in [3.8, 4) is 0 Å². The second kappa shape index (κ2) is 7.42. The van der Waals surface area contributed by atoms with Gasteiger partial charge in [-0.3, -0.25) is 4.79 Å². The minimum atomic E-state index is -0.0909. The number of hydrogen-bond acceptors (Lipinski definition) is 2. The minimum absolute atomic E-state index is 0.0801. The van der Waals surface area contributed by atoms with Gasteiger partial charge in [-0.05, 0) is 54.2 Å². The number of aromatic nitrogens is 2. The number of nitrogens with zero attached hydrogens (tertiary/aromatic N) is 1. The molecule has 3 aromatic rings. The number of carbonyl (C=O) groups excluding carboxylic acids is 1. The Bertz CT molecular complexity index is 973. The SMILES string of the molecule is CC(C)(C)c1ccc(C(=O)Nc2ccc3nc(C4CCCCC4)[nH]c3c2)cc1. The van der Waals surface area contributed by atoms with Crippen molar-refractivity contribution in [1.29, 1.82) is 0 Å². The van der Waals surface area contributed by atoms with Gasteiger partial charge in [0.15, 0.2) is 0 Å².